The maximum atomic E-state index is 13.6. The van der Waals surface area contributed by atoms with Crippen molar-refractivity contribution >= 4 is 23.2 Å². The molecule has 1 aliphatic heterocycles. The number of anilines is 1. The van der Waals surface area contributed by atoms with E-state index in [0.29, 0.717) is 5.02 Å². The van der Waals surface area contributed by atoms with Crippen molar-refractivity contribution in [3.63, 3.8) is 0 Å². The summed E-state index contributed by atoms with van der Waals surface area (Å²) in [6.45, 7) is 3.64. The highest BCUT2D eigenvalue weighted by Gasteiger charge is 2.37. The molecular weight excluding hydrogens is 267 g/mol. The predicted octanol–water partition coefficient (Wildman–Crippen LogP) is 3.20. The topological polar surface area (TPSA) is 41.1 Å². The molecule has 5 heteroatoms. The van der Waals surface area contributed by atoms with E-state index in [1.54, 1.807) is 0 Å². The Labute approximate surface area is 117 Å². The third-order valence-corrected chi connectivity index (χ3v) is 4.13. The second-order valence-corrected chi connectivity index (χ2v) is 5.40. The Morgan fingerprint density at radius 1 is 1.47 bits per heavy atom. The summed E-state index contributed by atoms with van der Waals surface area (Å²) in [7, 11) is 0. The summed E-state index contributed by atoms with van der Waals surface area (Å²) >= 11 is 5.83. The largest absolute Gasteiger partial charge is 0.323 e. The number of piperidine rings is 1. The van der Waals surface area contributed by atoms with Crippen LogP contribution in [0.25, 0.3) is 0 Å². The molecule has 0 aromatic heterocycles. The molecule has 0 unspecified atom stereocenters. The highest BCUT2D eigenvalue weighted by Crippen LogP contribution is 2.34. The van der Waals surface area contributed by atoms with Gasteiger partial charge in [-0.3, -0.25) is 4.79 Å². The van der Waals surface area contributed by atoms with Gasteiger partial charge >= 0.3 is 0 Å². The molecule has 0 bridgehead atoms. The van der Waals surface area contributed by atoms with Crippen LogP contribution in [0.3, 0.4) is 0 Å². The van der Waals surface area contributed by atoms with Gasteiger partial charge in [-0.05, 0) is 50.6 Å². The lowest BCUT2D eigenvalue weighted by Crippen LogP contribution is -2.44. The molecule has 0 saturated carbocycles. The lowest BCUT2D eigenvalue weighted by atomic mass is 9.76. The summed E-state index contributed by atoms with van der Waals surface area (Å²) in [6, 6.07) is 4.17. The van der Waals surface area contributed by atoms with Crippen LogP contribution in [0.15, 0.2) is 18.2 Å². The van der Waals surface area contributed by atoms with Gasteiger partial charge in [0, 0.05) is 5.02 Å². The van der Waals surface area contributed by atoms with E-state index in [1.807, 2.05) is 6.92 Å². The van der Waals surface area contributed by atoms with E-state index in [2.05, 4.69) is 10.6 Å². The van der Waals surface area contributed by atoms with Crippen molar-refractivity contribution in [2.75, 3.05) is 18.4 Å². The summed E-state index contributed by atoms with van der Waals surface area (Å²) in [6.07, 6.45) is 2.30. The molecule has 0 spiro atoms. The first kappa shape index (κ1) is 14.3. The number of benzene rings is 1. The number of hydrogen-bond donors (Lipinski definition) is 2. The number of carbonyl (C=O) groups is 1. The van der Waals surface area contributed by atoms with E-state index in [9.17, 15) is 9.18 Å². The number of halogens is 2. The molecule has 2 N–H and O–H groups in total. The third kappa shape index (κ3) is 3.07. The zero-order valence-corrected chi connectivity index (χ0v) is 11.7. The second-order valence-electron chi connectivity index (χ2n) is 4.96. The molecule has 3 nitrogen and oxygen atoms in total. The summed E-state index contributed by atoms with van der Waals surface area (Å²) in [5.74, 6) is -0.574. The summed E-state index contributed by atoms with van der Waals surface area (Å²) in [5, 5.41) is 6.33. The molecular formula is C14H18ClFN2O. The number of hydrogen-bond acceptors (Lipinski definition) is 2. The van der Waals surface area contributed by atoms with Gasteiger partial charge in [0.25, 0.3) is 0 Å². The van der Waals surface area contributed by atoms with Gasteiger partial charge < -0.3 is 10.6 Å². The van der Waals surface area contributed by atoms with Crippen LogP contribution < -0.4 is 10.6 Å². The van der Waals surface area contributed by atoms with Crippen LogP contribution in [-0.2, 0) is 4.79 Å². The normalized spacial score (nSPS) is 18.1. The molecule has 1 aromatic carbocycles. The number of rotatable bonds is 3. The Hall–Kier alpha value is -1.13. The molecule has 0 aliphatic carbocycles. The van der Waals surface area contributed by atoms with Gasteiger partial charge in [0.05, 0.1) is 11.1 Å². The highest BCUT2D eigenvalue weighted by molar-refractivity contribution is 6.30. The fourth-order valence-corrected chi connectivity index (χ4v) is 2.67. The lowest BCUT2D eigenvalue weighted by Gasteiger charge is -2.35. The number of carbonyl (C=O) groups excluding carboxylic acids is 1. The monoisotopic (exact) mass is 284 g/mol. The van der Waals surface area contributed by atoms with Crippen LogP contribution >= 0.6 is 11.6 Å². The zero-order chi connectivity index (χ0) is 13.9. The standard InChI is InChI=1S/C14H18ClFN2O/c1-2-14(5-7-17-8-6-14)13(19)18-12-9-10(15)3-4-11(12)16/h3-4,9,17H,2,5-8H2,1H3,(H,18,19). The number of amides is 1. The third-order valence-electron chi connectivity index (χ3n) is 3.90. The van der Waals surface area contributed by atoms with Gasteiger partial charge in [-0.1, -0.05) is 18.5 Å². The second kappa shape index (κ2) is 5.88. The molecule has 1 amide bonds. The van der Waals surface area contributed by atoms with Crippen LogP contribution in [0.4, 0.5) is 10.1 Å². The van der Waals surface area contributed by atoms with E-state index in [-0.39, 0.29) is 11.6 Å². The Kier molecular flexibility index (Phi) is 4.42. The molecule has 2 rings (SSSR count). The summed E-state index contributed by atoms with van der Waals surface area (Å²) < 4.78 is 13.6. The van der Waals surface area contributed by atoms with Gasteiger partial charge in [0.1, 0.15) is 5.82 Å². The van der Waals surface area contributed by atoms with Gasteiger partial charge in [0.15, 0.2) is 0 Å². The Bertz CT molecular complexity index is 473. The highest BCUT2D eigenvalue weighted by atomic mass is 35.5. The molecule has 104 valence electrons. The maximum Gasteiger partial charge on any atom is 0.230 e. The Morgan fingerprint density at radius 2 is 2.16 bits per heavy atom. The first-order valence-corrected chi connectivity index (χ1v) is 6.92. The van der Waals surface area contributed by atoms with E-state index in [4.69, 9.17) is 11.6 Å². The molecule has 0 atom stereocenters. The van der Waals surface area contributed by atoms with Gasteiger partial charge in [0.2, 0.25) is 5.91 Å². The first-order valence-electron chi connectivity index (χ1n) is 6.54. The van der Waals surface area contributed by atoms with Crippen LogP contribution in [0.1, 0.15) is 26.2 Å². The van der Waals surface area contributed by atoms with Crippen LogP contribution in [0.5, 0.6) is 0 Å². The fraction of sp³-hybridized carbons (Fsp3) is 0.500. The summed E-state index contributed by atoms with van der Waals surface area (Å²) in [5.41, 5.74) is -0.246. The van der Waals surface area contributed by atoms with Crippen LogP contribution in [0, 0.1) is 11.2 Å². The minimum absolute atomic E-state index is 0.113. The average molecular weight is 285 g/mol. The smallest absolute Gasteiger partial charge is 0.230 e. The molecule has 1 aromatic rings. The molecule has 1 aliphatic rings. The van der Waals surface area contributed by atoms with Gasteiger partial charge in [-0.15, -0.1) is 0 Å². The van der Waals surface area contributed by atoms with Crippen molar-refractivity contribution in [3.8, 4) is 0 Å². The zero-order valence-electron chi connectivity index (χ0n) is 10.9. The van der Waals surface area contributed by atoms with Crippen molar-refractivity contribution < 1.29 is 9.18 Å². The SMILES string of the molecule is CCC1(C(=O)Nc2cc(Cl)ccc2F)CCNCC1. The molecule has 0 radical (unpaired) electrons. The van der Waals surface area contributed by atoms with Gasteiger partial charge in [-0.2, -0.15) is 0 Å². The molecule has 1 heterocycles. The quantitative estimate of drug-likeness (QED) is 0.895. The first-order chi connectivity index (χ1) is 9.07. The Balaban J connectivity index is 2.17. The van der Waals surface area contributed by atoms with Crippen molar-refractivity contribution in [3.05, 3.63) is 29.0 Å². The van der Waals surface area contributed by atoms with E-state index in [0.717, 1.165) is 32.4 Å². The van der Waals surface area contributed by atoms with Crippen molar-refractivity contribution in [1.82, 2.24) is 5.32 Å². The van der Waals surface area contributed by atoms with E-state index < -0.39 is 11.2 Å². The maximum absolute atomic E-state index is 13.6. The number of nitrogens with one attached hydrogen (secondary N) is 2. The van der Waals surface area contributed by atoms with Crippen molar-refractivity contribution in [2.24, 2.45) is 5.41 Å². The van der Waals surface area contributed by atoms with Crippen molar-refractivity contribution in [1.29, 1.82) is 0 Å². The minimum atomic E-state index is -0.460. The summed E-state index contributed by atoms with van der Waals surface area (Å²) in [4.78, 5) is 12.4. The van der Waals surface area contributed by atoms with E-state index in [1.165, 1.54) is 18.2 Å². The predicted molar refractivity (Wildman–Crippen MR) is 74.9 cm³/mol. The van der Waals surface area contributed by atoms with Crippen LogP contribution in [0.2, 0.25) is 5.02 Å². The fourth-order valence-electron chi connectivity index (χ4n) is 2.49. The minimum Gasteiger partial charge on any atom is -0.323 e. The lowest BCUT2D eigenvalue weighted by molar-refractivity contribution is -0.127. The Morgan fingerprint density at radius 3 is 2.79 bits per heavy atom. The average Bonchev–Trinajstić information content (AvgIpc) is 2.43. The van der Waals surface area contributed by atoms with Crippen LogP contribution in [-0.4, -0.2) is 19.0 Å². The van der Waals surface area contributed by atoms with E-state index >= 15 is 0 Å². The molecule has 1 saturated heterocycles. The van der Waals surface area contributed by atoms with Gasteiger partial charge in [-0.25, -0.2) is 4.39 Å². The van der Waals surface area contributed by atoms with Crippen molar-refractivity contribution in [2.45, 2.75) is 26.2 Å². The molecule has 19 heavy (non-hydrogen) atoms. The molecule has 1 fully saturated rings.